The first-order valence-corrected chi connectivity index (χ1v) is 12.4. The first-order chi connectivity index (χ1) is 15.0. The average Bonchev–Trinajstić information content (AvgIpc) is 3.54. The number of rotatable bonds is 6. The van der Waals surface area contributed by atoms with Crippen LogP contribution < -0.4 is 4.72 Å². The zero-order chi connectivity index (χ0) is 21.4. The van der Waals surface area contributed by atoms with Gasteiger partial charge in [0, 0.05) is 42.3 Å². The van der Waals surface area contributed by atoms with E-state index in [1.807, 2.05) is 17.0 Å². The fourth-order valence-electron chi connectivity index (χ4n) is 4.32. The van der Waals surface area contributed by atoms with Crippen molar-refractivity contribution in [3.05, 3.63) is 65.9 Å². The molecule has 1 amide bonds. The molecular formula is C24H27N3O3S. The van der Waals surface area contributed by atoms with Crippen molar-refractivity contribution in [2.45, 2.75) is 36.5 Å². The molecule has 7 heteroatoms. The van der Waals surface area contributed by atoms with Gasteiger partial charge in [-0.3, -0.25) is 4.79 Å². The molecule has 2 aromatic carbocycles. The second-order valence-corrected chi connectivity index (χ2v) is 10.5. The largest absolute Gasteiger partial charge is 0.358 e. The van der Waals surface area contributed by atoms with E-state index in [-0.39, 0.29) is 10.8 Å². The smallest absolute Gasteiger partial charge is 0.253 e. The van der Waals surface area contributed by atoms with Crippen molar-refractivity contribution < 1.29 is 13.2 Å². The monoisotopic (exact) mass is 437 g/mol. The molecule has 1 saturated heterocycles. The summed E-state index contributed by atoms with van der Waals surface area (Å²) < 4.78 is 27.8. The van der Waals surface area contributed by atoms with Crippen LogP contribution in [0.2, 0.25) is 0 Å². The summed E-state index contributed by atoms with van der Waals surface area (Å²) in [5, 5.41) is 1.21. The summed E-state index contributed by atoms with van der Waals surface area (Å²) in [6, 6.07) is 16.9. The van der Waals surface area contributed by atoms with Crippen molar-refractivity contribution in [3.63, 3.8) is 0 Å². The SMILES string of the molecule is O=C(c1cccc(S(=O)(=O)NCC2CC2)c1)N1CCC(c2cc3ccccc3[nH]2)CC1. The summed E-state index contributed by atoms with van der Waals surface area (Å²) in [5.74, 6) is 0.752. The molecule has 1 aromatic heterocycles. The second-order valence-electron chi connectivity index (χ2n) is 8.70. The van der Waals surface area contributed by atoms with Gasteiger partial charge < -0.3 is 9.88 Å². The van der Waals surface area contributed by atoms with E-state index < -0.39 is 10.0 Å². The molecule has 5 rings (SSSR count). The number of carbonyl (C=O) groups is 1. The Morgan fingerprint density at radius 3 is 2.52 bits per heavy atom. The Balaban J connectivity index is 1.25. The van der Waals surface area contributed by atoms with Crippen LogP contribution in [0.15, 0.2) is 59.5 Å². The molecule has 1 saturated carbocycles. The Labute approximate surface area is 182 Å². The van der Waals surface area contributed by atoms with E-state index in [1.54, 1.807) is 18.2 Å². The van der Waals surface area contributed by atoms with Gasteiger partial charge in [0.15, 0.2) is 0 Å². The first kappa shape index (κ1) is 20.3. The number of aromatic amines is 1. The van der Waals surface area contributed by atoms with Crippen LogP contribution in [0.5, 0.6) is 0 Å². The van der Waals surface area contributed by atoms with E-state index in [2.05, 4.69) is 27.9 Å². The lowest BCUT2D eigenvalue weighted by molar-refractivity contribution is 0.0712. The lowest BCUT2D eigenvalue weighted by Crippen LogP contribution is -2.38. The number of benzene rings is 2. The van der Waals surface area contributed by atoms with E-state index in [0.29, 0.717) is 37.0 Å². The molecule has 2 aliphatic rings. The van der Waals surface area contributed by atoms with Crippen molar-refractivity contribution in [2.75, 3.05) is 19.6 Å². The lowest BCUT2D eigenvalue weighted by atomic mass is 9.93. The molecule has 31 heavy (non-hydrogen) atoms. The van der Waals surface area contributed by atoms with E-state index >= 15 is 0 Å². The molecular weight excluding hydrogens is 410 g/mol. The van der Waals surface area contributed by atoms with Gasteiger partial charge in [-0.05, 0) is 67.3 Å². The third kappa shape index (κ3) is 4.38. The minimum absolute atomic E-state index is 0.102. The van der Waals surface area contributed by atoms with Gasteiger partial charge in [0.25, 0.3) is 5.91 Å². The summed E-state index contributed by atoms with van der Waals surface area (Å²) in [5.41, 5.74) is 2.80. The standard InChI is InChI=1S/C24H27N3O3S/c28-24(20-5-3-6-21(14-20)31(29,30)25-16-17-8-9-17)27-12-10-18(11-13-27)23-15-19-4-1-2-7-22(19)26-23/h1-7,14-15,17-18,25-26H,8-13,16H2. The van der Waals surface area contributed by atoms with Crippen LogP contribution >= 0.6 is 0 Å². The molecule has 2 N–H and O–H groups in total. The van der Waals surface area contributed by atoms with Gasteiger partial charge in [-0.25, -0.2) is 13.1 Å². The van der Waals surface area contributed by atoms with Gasteiger partial charge >= 0.3 is 0 Å². The average molecular weight is 438 g/mol. The summed E-state index contributed by atoms with van der Waals surface area (Å²) in [6.45, 7) is 1.80. The number of nitrogens with one attached hydrogen (secondary N) is 2. The molecule has 0 atom stereocenters. The lowest BCUT2D eigenvalue weighted by Gasteiger charge is -2.31. The van der Waals surface area contributed by atoms with Gasteiger partial charge in [-0.1, -0.05) is 24.3 Å². The Morgan fingerprint density at radius 2 is 1.77 bits per heavy atom. The van der Waals surface area contributed by atoms with Crippen molar-refractivity contribution in [3.8, 4) is 0 Å². The Kier molecular flexibility index (Phi) is 5.32. The third-order valence-electron chi connectivity index (χ3n) is 6.42. The summed E-state index contributed by atoms with van der Waals surface area (Å²) in [6.07, 6.45) is 3.93. The predicted molar refractivity (Wildman–Crippen MR) is 121 cm³/mol. The Bertz CT molecular complexity index is 1170. The quantitative estimate of drug-likeness (QED) is 0.614. The van der Waals surface area contributed by atoms with Crippen LogP contribution in [0.25, 0.3) is 10.9 Å². The summed E-state index contributed by atoms with van der Waals surface area (Å²) >= 11 is 0. The number of nitrogens with zero attached hydrogens (tertiary/aromatic N) is 1. The molecule has 0 radical (unpaired) electrons. The van der Waals surface area contributed by atoms with Gasteiger partial charge in [-0.15, -0.1) is 0 Å². The molecule has 3 aromatic rings. The van der Waals surface area contributed by atoms with Crippen molar-refractivity contribution in [2.24, 2.45) is 5.92 Å². The van der Waals surface area contributed by atoms with Gasteiger partial charge in [0.1, 0.15) is 0 Å². The molecule has 2 heterocycles. The maximum Gasteiger partial charge on any atom is 0.253 e. The topological polar surface area (TPSA) is 82.3 Å². The van der Waals surface area contributed by atoms with Crippen molar-refractivity contribution in [1.29, 1.82) is 0 Å². The number of amides is 1. The van der Waals surface area contributed by atoms with Crippen LogP contribution in [-0.4, -0.2) is 43.8 Å². The zero-order valence-corrected chi connectivity index (χ0v) is 18.2. The van der Waals surface area contributed by atoms with Gasteiger partial charge in [-0.2, -0.15) is 0 Å². The highest BCUT2D eigenvalue weighted by Crippen LogP contribution is 2.31. The Morgan fingerprint density at radius 1 is 1.00 bits per heavy atom. The normalized spacial score (nSPS) is 17.9. The third-order valence-corrected chi connectivity index (χ3v) is 7.84. The number of fused-ring (bicyclic) bond motifs is 1. The highest BCUT2D eigenvalue weighted by molar-refractivity contribution is 7.89. The number of para-hydroxylation sites is 1. The van der Waals surface area contributed by atoms with Crippen molar-refractivity contribution in [1.82, 2.24) is 14.6 Å². The predicted octanol–water partition coefficient (Wildman–Crippen LogP) is 3.88. The van der Waals surface area contributed by atoms with Crippen LogP contribution in [0, 0.1) is 5.92 Å². The number of aromatic nitrogens is 1. The number of carbonyl (C=O) groups excluding carboxylic acids is 1. The molecule has 6 nitrogen and oxygen atoms in total. The number of piperidine rings is 1. The van der Waals surface area contributed by atoms with Crippen LogP contribution in [0.4, 0.5) is 0 Å². The second kappa shape index (κ2) is 8.13. The van der Waals surface area contributed by atoms with E-state index in [0.717, 1.165) is 31.2 Å². The highest BCUT2D eigenvalue weighted by atomic mass is 32.2. The number of H-pyrrole nitrogens is 1. The van der Waals surface area contributed by atoms with Gasteiger partial charge in [0.05, 0.1) is 4.90 Å². The molecule has 0 unspecified atom stereocenters. The van der Waals surface area contributed by atoms with E-state index in [1.165, 1.54) is 17.1 Å². The number of sulfonamides is 1. The van der Waals surface area contributed by atoms with Crippen LogP contribution in [0.1, 0.15) is 47.7 Å². The number of hydrogen-bond donors (Lipinski definition) is 2. The summed E-state index contributed by atoms with van der Waals surface area (Å²) in [7, 11) is -3.58. The van der Waals surface area contributed by atoms with Crippen LogP contribution in [0.3, 0.4) is 0 Å². The highest BCUT2D eigenvalue weighted by Gasteiger charge is 2.27. The zero-order valence-electron chi connectivity index (χ0n) is 17.4. The maximum absolute atomic E-state index is 13.0. The Hall–Kier alpha value is -2.64. The number of likely N-dealkylation sites (tertiary alicyclic amines) is 1. The van der Waals surface area contributed by atoms with Crippen molar-refractivity contribution >= 4 is 26.8 Å². The molecule has 0 spiro atoms. The molecule has 1 aliphatic heterocycles. The molecule has 0 bridgehead atoms. The molecule has 162 valence electrons. The van der Waals surface area contributed by atoms with E-state index in [9.17, 15) is 13.2 Å². The molecule has 1 aliphatic carbocycles. The fourth-order valence-corrected chi connectivity index (χ4v) is 5.48. The number of hydrogen-bond acceptors (Lipinski definition) is 3. The van der Waals surface area contributed by atoms with E-state index in [4.69, 9.17) is 0 Å². The minimum atomic E-state index is -3.58. The van der Waals surface area contributed by atoms with Crippen LogP contribution in [-0.2, 0) is 10.0 Å². The maximum atomic E-state index is 13.0. The minimum Gasteiger partial charge on any atom is -0.358 e. The van der Waals surface area contributed by atoms with Gasteiger partial charge in [0.2, 0.25) is 10.0 Å². The summed E-state index contributed by atoms with van der Waals surface area (Å²) in [4.78, 5) is 18.5. The fraction of sp³-hybridized carbons (Fsp3) is 0.375. The first-order valence-electron chi connectivity index (χ1n) is 11.0. The molecule has 2 fully saturated rings.